The number of benzene rings is 1. The summed E-state index contributed by atoms with van der Waals surface area (Å²) in [6.07, 6.45) is 6.69. The molecule has 1 saturated carbocycles. The number of sulfonamides is 1. The van der Waals surface area contributed by atoms with Gasteiger partial charge in [0.2, 0.25) is 10.0 Å². The van der Waals surface area contributed by atoms with Gasteiger partial charge in [-0.15, -0.1) is 0 Å². The van der Waals surface area contributed by atoms with Crippen molar-refractivity contribution in [2.24, 2.45) is 5.92 Å². The van der Waals surface area contributed by atoms with E-state index in [0.29, 0.717) is 4.90 Å². The van der Waals surface area contributed by atoms with Gasteiger partial charge in [0, 0.05) is 10.5 Å². The lowest BCUT2D eigenvalue weighted by Gasteiger charge is -2.28. The van der Waals surface area contributed by atoms with Crippen LogP contribution >= 0.6 is 15.9 Å². The standard InChI is InChI=1S/C15H22BrNO2S/c1-2-3-12-4-8-14(9-5-12)17-20(18,19)15-10-6-13(16)7-11-15/h6-7,10-12,14,17H,2-5,8-9H2,1H3. The van der Waals surface area contributed by atoms with Crippen molar-refractivity contribution in [1.29, 1.82) is 0 Å². The molecule has 112 valence electrons. The minimum atomic E-state index is -3.38. The molecular formula is C15H22BrNO2S. The summed E-state index contributed by atoms with van der Waals surface area (Å²) in [6, 6.07) is 6.88. The van der Waals surface area contributed by atoms with E-state index >= 15 is 0 Å². The first-order chi connectivity index (χ1) is 9.51. The Balaban J connectivity index is 1.94. The molecule has 3 nitrogen and oxygen atoms in total. The van der Waals surface area contributed by atoms with E-state index in [1.165, 1.54) is 12.8 Å². The SMILES string of the molecule is CCCC1CCC(NS(=O)(=O)c2ccc(Br)cc2)CC1. The van der Waals surface area contributed by atoms with Gasteiger partial charge in [-0.2, -0.15) is 0 Å². The van der Waals surface area contributed by atoms with Gasteiger partial charge in [0.25, 0.3) is 0 Å². The van der Waals surface area contributed by atoms with Gasteiger partial charge in [-0.25, -0.2) is 13.1 Å². The quantitative estimate of drug-likeness (QED) is 0.860. The van der Waals surface area contributed by atoms with E-state index in [2.05, 4.69) is 27.6 Å². The molecule has 1 fully saturated rings. The van der Waals surface area contributed by atoms with Crippen LogP contribution in [0.4, 0.5) is 0 Å². The normalized spacial score (nSPS) is 23.7. The lowest BCUT2D eigenvalue weighted by molar-refractivity contribution is 0.297. The highest BCUT2D eigenvalue weighted by Crippen LogP contribution is 2.28. The zero-order valence-electron chi connectivity index (χ0n) is 11.8. The van der Waals surface area contributed by atoms with Crippen LogP contribution in [-0.4, -0.2) is 14.5 Å². The molecule has 1 N–H and O–H groups in total. The van der Waals surface area contributed by atoms with Crippen molar-refractivity contribution in [3.8, 4) is 0 Å². The van der Waals surface area contributed by atoms with E-state index in [0.717, 1.165) is 36.1 Å². The molecule has 0 aliphatic heterocycles. The lowest BCUT2D eigenvalue weighted by Crippen LogP contribution is -2.37. The molecule has 0 unspecified atom stereocenters. The third kappa shape index (κ3) is 4.30. The Morgan fingerprint density at radius 1 is 1.15 bits per heavy atom. The second-order valence-electron chi connectivity index (χ2n) is 5.58. The molecule has 1 aromatic rings. The molecule has 0 radical (unpaired) electrons. The minimum Gasteiger partial charge on any atom is -0.208 e. The van der Waals surface area contributed by atoms with Crippen molar-refractivity contribution < 1.29 is 8.42 Å². The van der Waals surface area contributed by atoms with Crippen molar-refractivity contribution in [3.63, 3.8) is 0 Å². The molecule has 0 heterocycles. The highest BCUT2D eigenvalue weighted by atomic mass is 79.9. The first-order valence-electron chi connectivity index (χ1n) is 7.29. The molecule has 0 saturated heterocycles. The van der Waals surface area contributed by atoms with Gasteiger partial charge >= 0.3 is 0 Å². The second kappa shape index (κ2) is 7.05. The van der Waals surface area contributed by atoms with Gasteiger partial charge in [0.15, 0.2) is 0 Å². The first kappa shape index (κ1) is 16.0. The molecule has 0 aromatic heterocycles. The second-order valence-corrected chi connectivity index (χ2v) is 8.21. The third-order valence-electron chi connectivity index (χ3n) is 3.99. The van der Waals surface area contributed by atoms with Crippen LogP contribution in [0.25, 0.3) is 0 Å². The van der Waals surface area contributed by atoms with Crippen molar-refractivity contribution in [2.45, 2.75) is 56.4 Å². The van der Waals surface area contributed by atoms with E-state index in [-0.39, 0.29) is 6.04 Å². The van der Waals surface area contributed by atoms with Crippen molar-refractivity contribution in [1.82, 2.24) is 4.72 Å². The fourth-order valence-corrected chi connectivity index (χ4v) is 4.45. The summed E-state index contributed by atoms with van der Waals surface area (Å²) in [5.41, 5.74) is 0. The average Bonchev–Trinajstić information content (AvgIpc) is 2.41. The van der Waals surface area contributed by atoms with Gasteiger partial charge < -0.3 is 0 Å². The molecule has 1 aliphatic carbocycles. The molecule has 0 atom stereocenters. The molecule has 1 aliphatic rings. The highest BCUT2D eigenvalue weighted by Gasteiger charge is 2.25. The van der Waals surface area contributed by atoms with Crippen LogP contribution in [0.3, 0.4) is 0 Å². The summed E-state index contributed by atoms with van der Waals surface area (Å²) in [6.45, 7) is 2.21. The predicted octanol–water partition coefficient (Wildman–Crippen LogP) is 4.09. The van der Waals surface area contributed by atoms with Gasteiger partial charge in [-0.05, 0) is 55.9 Å². The molecule has 0 bridgehead atoms. The third-order valence-corrected chi connectivity index (χ3v) is 6.05. The summed E-state index contributed by atoms with van der Waals surface area (Å²) in [5.74, 6) is 0.786. The number of hydrogen-bond donors (Lipinski definition) is 1. The summed E-state index contributed by atoms with van der Waals surface area (Å²) in [4.78, 5) is 0.344. The Morgan fingerprint density at radius 2 is 1.75 bits per heavy atom. The Hall–Kier alpha value is -0.390. The first-order valence-corrected chi connectivity index (χ1v) is 9.57. The van der Waals surface area contributed by atoms with Gasteiger partial charge in [0.05, 0.1) is 4.90 Å². The number of halogens is 1. The van der Waals surface area contributed by atoms with Crippen molar-refractivity contribution in [2.75, 3.05) is 0 Å². The van der Waals surface area contributed by atoms with Gasteiger partial charge in [-0.1, -0.05) is 35.7 Å². The predicted molar refractivity (Wildman–Crippen MR) is 85.1 cm³/mol. The Kier molecular flexibility index (Phi) is 5.64. The fraction of sp³-hybridized carbons (Fsp3) is 0.600. The van der Waals surface area contributed by atoms with E-state index in [1.54, 1.807) is 24.3 Å². The molecule has 5 heteroatoms. The molecule has 0 amide bonds. The van der Waals surface area contributed by atoms with Crippen LogP contribution in [-0.2, 0) is 10.0 Å². The molecule has 1 aromatic carbocycles. The smallest absolute Gasteiger partial charge is 0.208 e. The monoisotopic (exact) mass is 359 g/mol. The van der Waals surface area contributed by atoms with E-state index in [4.69, 9.17) is 0 Å². The number of nitrogens with one attached hydrogen (secondary N) is 1. The number of rotatable bonds is 5. The van der Waals surface area contributed by atoms with Crippen LogP contribution in [0, 0.1) is 5.92 Å². The maximum Gasteiger partial charge on any atom is 0.240 e. The highest BCUT2D eigenvalue weighted by molar-refractivity contribution is 9.10. The van der Waals surface area contributed by atoms with E-state index in [1.807, 2.05) is 0 Å². The minimum absolute atomic E-state index is 0.0942. The van der Waals surface area contributed by atoms with Crippen LogP contribution in [0.15, 0.2) is 33.6 Å². The maximum absolute atomic E-state index is 12.3. The van der Waals surface area contributed by atoms with Crippen LogP contribution < -0.4 is 4.72 Å². The summed E-state index contributed by atoms with van der Waals surface area (Å²) < 4.78 is 28.3. The van der Waals surface area contributed by atoms with Gasteiger partial charge in [0.1, 0.15) is 0 Å². The molecule has 2 rings (SSSR count). The largest absolute Gasteiger partial charge is 0.240 e. The van der Waals surface area contributed by atoms with Crippen LogP contribution in [0.2, 0.25) is 0 Å². The van der Waals surface area contributed by atoms with Crippen molar-refractivity contribution in [3.05, 3.63) is 28.7 Å². The maximum atomic E-state index is 12.3. The Morgan fingerprint density at radius 3 is 2.30 bits per heavy atom. The summed E-state index contributed by atoms with van der Waals surface area (Å²) in [7, 11) is -3.38. The van der Waals surface area contributed by atoms with Crippen molar-refractivity contribution >= 4 is 26.0 Å². The summed E-state index contributed by atoms with van der Waals surface area (Å²) >= 11 is 3.32. The Labute approximate surface area is 130 Å². The van der Waals surface area contributed by atoms with E-state index in [9.17, 15) is 8.42 Å². The topological polar surface area (TPSA) is 46.2 Å². The molecule has 20 heavy (non-hydrogen) atoms. The fourth-order valence-electron chi connectivity index (χ4n) is 2.88. The number of hydrogen-bond acceptors (Lipinski definition) is 2. The molecule has 0 spiro atoms. The zero-order chi connectivity index (χ0) is 14.6. The lowest BCUT2D eigenvalue weighted by atomic mass is 9.84. The summed E-state index contributed by atoms with van der Waals surface area (Å²) in [5, 5.41) is 0. The Bertz CT molecular complexity index is 519. The van der Waals surface area contributed by atoms with E-state index < -0.39 is 10.0 Å². The molecular weight excluding hydrogens is 338 g/mol. The van der Waals surface area contributed by atoms with Gasteiger partial charge in [-0.3, -0.25) is 0 Å². The van der Waals surface area contributed by atoms with Crippen LogP contribution in [0.5, 0.6) is 0 Å². The average molecular weight is 360 g/mol. The van der Waals surface area contributed by atoms with Crippen LogP contribution in [0.1, 0.15) is 45.4 Å². The zero-order valence-corrected chi connectivity index (χ0v) is 14.2.